The lowest BCUT2D eigenvalue weighted by Crippen LogP contribution is -2.28. The molecule has 29 heavy (non-hydrogen) atoms. The van der Waals surface area contributed by atoms with Crippen LogP contribution in [0.2, 0.25) is 15.1 Å². The van der Waals surface area contributed by atoms with Gasteiger partial charge in [-0.15, -0.1) is 5.10 Å². The van der Waals surface area contributed by atoms with Crippen LogP contribution in [0.5, 0.6) is 0 Å². The Labute approximate surface area is 186 Å². The number of carbonyl (C=O) groups excluding carboxylic acids is 2. The lowest BCUT2D eigenvalue weighted by Gasteiger charge is -2.09. The van der Waals surface area contributed by atoms with Gasteiger partial charge in [0.05, 0.1) is 21.4 Å². The fourth-order valence-electron chi connectivity index (χ4n) is 2.43. The Bertz CT molecular complexity index is 1010. The number of anilines is 1. The van der Waals surface area contributed by atoms with Gasteiger partial charge >= 0.3 is 0 Å². The molecule has 6 nitrogen and oxygen atoms in total. The Morgan fingerprint density at radius 2 is 1.90 bits per heavy atom. The van der Waals surface area contributed by atoms with E-state index in [1.165, 1.54) is 0 Å². The summed E-state index contributed by atoms with van der Waals surface area (Å²) in [5.74, 6) is -0.663. The maximum Gasteiger partial charge on any atom is 0.240 e. The number of nitrogens with one attached hydrogen (secondary N) is 2. The molecule has 2 aromatic carbocycles. The molecule has 150 valence electrons. The number of hydrogen-bond acceptors (Lipinski definition) is 5. The molecule has 1 saturated heterocycles. The smallest absolute Gasteiger partial charge is 0.240 e. The Kier molecular flexibility index (Phi) is 7.18. The fourth-order valence-corrected chi connectivity index (χ4v) is 3.82. The number of carbonyl (C=O) groups is 2. The van der Waals surface area contributed by atoms with E-state index in [0.29, 0.717) is 26.6 Å². The maximum absolute atomic E-state index is 12.3. The summed E-state index contributed by atoms with van der Waals surface area (Å²) in [6.45, 7) is 1.80. The van der Waals surface area contributed by atoms with E-state index in [2.05, 4.69) is 20.8 Å². The molecule has 2 amide bonds. The van der Waals surface area contributed by atoms with Crippen molar-refractivity contribution in [1.29, 1.82) is 0 Å². The fraction of sp³-hybridized carbons (Fsp3) is 0.158. The Balaban J connectivity index is 1.61. The van der Waals surface area contributed by atoms with Crippen molar-refractivity contribution in [2.75, 3.05) is 5.32 Å². The van der Waals surface area contributed by atoms with Crippen LogP contribution in [0.1, 0.15) is 18.9 Å². The van der Waals surface area contributed by atoms with Gasteiger partial charge in [0.15, 0.2) is 5.17 Å². The molecule has 1 heterocycles. The highest BCUT2D eigenvalue weighted by molar-refractivity contribution is 8.15. The summed E-state index contributed by atoms with van der Waals surface area (Å²) in [4.78, 5) is 24.4. The van der Waals surface area contributed by atoms with Gasteiger partial charge in [0.1, 0.15) is 5.25 Å². The zero-order valence-electron chi connectivity index (χ0n) is 15.1. The van der Waals surface area contributed by atoms with Crippen LogP contribution in [-0.2, 0) is 9.59 Å². The molecule has 0 aliphatic carbocycles. The number of halogens is 3. The van der Waals surface area contributed by atoms with Crippen LogP contribution in [0.4, 0.5) is 5.69 Å². The van der Waals surface area contributed by atoms with Crippen LogP contribution in [-0.4, -0.2) is 27.9 Å². The molecule has 1 atom stereocenters. The van der Waals surface area contributed by atoms with Crippen molar-refractivity contribution in [3.63, 3.8) is 0 Å². The monoisotopic (exact) mass is 468 g/mol. The van der Waals surface area contributed by atoms with E-state index in [4.69, 9.17) is 34.8 Å². The van der Waals surface area contributed by atoms with E-state index < -0.39 is 5.25 Å². The van der Waals surface area contributed by atoms with E-state index in [-0.39, 0.29) is 23.3 Å². The van der Waals surface area contributed by atoms with Crippen molar-refractivity contribution in [2.24, 2.45) is 10.2 Å². The molecule has 0 bridgehead atoms. The van der Waals surface area contributed by atoms with Gasteiger partial charge in [0, 0.05) is 11.4 Å². The van der Waals surface area contributed by atoms with Crippen molar-refractivity contribution in [2.45, 2.75) is 18.6 Å². The van der Waals surface area contributed by atoms with Gasteiger partial charge in [-0.2, -0.15) is 5.10 Å². The summed E-state index contributed by atoms with van der Waals surface area (Å²) in [6, 6.07) is 12.1. The van der Waals surface area contributed by atoms with Crippen LogP contribution >= 0.6 is 46.6 Å². The minimum Gasteiger partial charge on any atom is -0.325 e. The molecule has 10 heteroatoms. The summed E-state index contributed by atoms with van der Waals surface area (Å²) in [5.41, 5.74) is 1.92. The van der Waals surface area contributed by atoms with E-state index in [1.54, 1.807) is 37.3 Å². The first-order valence-corrected chi connectivity index (χ1v) is 10.4. The number of benzene rings is 2. The second-order valence-corrected chi connectivity index (χ2v) is 8.46. The van der Waals surface area contributed by atoms with E-state index in [9.17, 15) is 9.59 Å². The first-order chi connectivity index (χ1) is 13.8. The van der Waals surface area contributed by atoms with E-state index >= 15 is 0 Å². The van der Waals surface area contributed by atoms with Crippen LogP contribution < -0.4 is 10.6 Å². The molecule has 0 unspecified atom stereocenters. The largest absolute Gasteiger partial charge is 0.325 e. The molecule has 0 spiro atoms. The highest BCUT2D eigenvalue weighted by atomic mass is 35.5. The predicted molar refractivity (Wildman–Crippen MR) is 120 cm³/mol. The van der Waals surface area contributed by atoms with Crippen LogP contribution in [0, 0.1) is 0 Å². The topological polar surface area (TPSA) is 82.9 Å². The van der Waals surface area contributed by atoms with Gasteiger partial charge in [-0.05, 0) is 36.8 Å². The third-order valence-corrected chi connectivity index (χ3v) is 6.07. The SMILES string of the molecule is C/C(=N/N=C1\NC(=O)[C@H](CC(=O)Nc2cccc(Cl)c2Cl)S1)c1ccc(Cl)cc1. The van der Waals surface area contributed by atoms with Crippen molar-refractivity contribution in [3.05, 3.63) is 63.1 Å². The van der Waals surface area contributed by atoms with Gasteiger partial charge < -0.3 is 10.6 Å². The minimum atomic E-state index is -0.613. The Hall–Kier alpha value is -2.06. The third kappa shape index (κ3) is 5.73. The summed E-state index contributed by atoms with van der Waals surface area (Å²) in [5, 5.41) is 14.4. The number of thioether (sulfide) groups is 1. The molecule has 1 fully saturated rings. The molecule has 0 aromatic heterocycles. The zero-order valence-corrected chi connectivity index (χ0v) is 18.2. The number of amides is 2. The second kappa shape index (κ2) is 9.63. The predicted octanol–water partition coefficient (Wildman–Crippen LogP) is 4.99. The molecule has 3 rings (SSSR count). The molecular weight excluding hydrogens is 455 g/mol. The zero-order chi connectivity index (χ0) is 21.0. The minimum absolute atomic E-state index is 0.0434. The molecule has 2 N–H and O–H groups in total. The summed E-state index contributed by atoms with van der Waals surface area (Å²) in [7, 11) is 0. The summed E-state index contributed by atoms with van der Waals surface area (Å²) >= 11 is 19.0. The highest BCUT2D eigenvalue weighted by Gasteiger charge is 2.32. The maximum atomic E-state index is 12.3. The third-order valence-electron chi connectivity index (χ3n) is 3.93. The first kappa shape index (κ1) is 21.6. The van der Waals surface area contributed by atoms with Crippen molar-refractivity contribution in [1.82, 2.24) is 5.32 Å². The second-order valence-electron chi connectivity index (χ2n) is 6.05. The average molecular weight is 470 g/mol. The molecule has 2 aromatic rings. The Morgan fingerprint density at radius 3 is 2.62 bits per heavy atom. The van der Waals surface area contributed by atoms with Crippen molar-refractivity contribution < 1.29 is 9.59 Å². The van der Waals surface area contributed by atoms with E-state index in [1.807, 2.05) is 12.1 Å². The average Bonchev–Trinajstić information content (AvgIpc) is 3.03. The van der Waals surface area contributed by atoms with Crippen molar-refractivity contribution >= 4 is 74.9 Å². The standard InChI is InChI=1S/C19H15Cl3N4O2S/c1-10(11-5-7-12(20)8-6-11)25-26-19-24-18(28)15(29-19)9-16(27)23-14-4-2-3-13(21)17(14)22/h2-8,15H,9H2,1H3,(H,23,27)(H,24,26,28)/b25-10-/t15-/m0/s1. The van der Waals surface area contributed by atoms with Crippen LogP contribution in [0.25, 0.3) is 0 Å². The molecular formula is C19H15Cl3N4O2S. The lowest BCUT2D eigenvalue weighted by molar-refractivity contribution is -0.122. The van der Waals surface area contributed by atoms with Gasteiger partial charge in [0.2, 0.25) is 11.8 Å². The van der Waals surface area contributed by atoms with Gasteiger partial charge in [-0.1, -0.05) is 64.8 Å². The highest BCUT2D eigenvalue weighted by Crippen LogP contribution is 2.30. The van der Waals surface area contributed by atoms with Crippen molar-refractivity contribution in [3.8, 4) is 0 Å². The summed E-state index contributed by atoms with van der Waals surface area (Å²) in [6.07, 6.45) is -0.0434. The number of rotatable bonds is 5. The number of amidine groups is 1. The molecule has 1 aliphatic heterocycles. The number of hydrogen-bond donors (Lipinski definition) is 2. The molecule has 0 radical (unpaired) electrons. The lowest BCUT2D eigenvalue weighted by atomic mass is 10.1. The van der Waals surface area contributed by atoms with Crippen LogP contribution in [0.15, 0.2) is 52.7 Å². The Morgan fingerprint density at radius 1 is 1.17 bits per heavy atom. The summed E-state index contributed by atoms with van der Waals surface area (Å²) < 4.78 is 0. The first-order valence-electron chi connectivity index (χ1n) is 8.43. The normalized spacial score (nSPS) is 18.1. The van der Waals surface area contributed by atoms with Gasteiger partial charge in [-0.3, -0.25) is 9.59 Å². The number of nitrogens with zero attached hydrogens (tertiary/aromatic N) is 2. The molecule has 0 saturated carbocycles. The van der Waals surface area contributed by atoms with E-state index in [0.717, 1.165) is 17.3 Å². The van der Waals surface area contributed by atoms with Crippen LogP contribution in [0.3, 0.4) is 0 Å². The van der Waals surface area contributed by atoms with Gasteiger partial charge in [0.25, 0.3) is 0 Å². The quantitative estimate of drug-likeness (QED) is 0.478. The molecule has 1 aliphatic rings. The van der Waals surface area contributed by atoms with Gasteiger partial charge in [-0.25, -0.2) is 0 Å².